The lowest BCUT2D eigenvalue weighted by atomic mass is 9.40. The zero-order valence-corrected chi connectivity index (χ0v) is 20.5. The van der Waals surface area contributed by atoms with Crippen LogP contribution in [0.4, 0.5) is 5.69 Å². The van der Waals surface area contributed by atoms with Gasteiger partial charge in [0.1, 0.15) is 0 Å². The van der Waals surface area contributed by atoms with Gasteiger partial charge in [0, 0.05) is 17.6 Å². The van der Waals surface area contributed by atoms with E-state index in [0.29, 0.717) is 35.1 Å². The third-order valence-corrected chi connectivity index (χ3v) is 9.97. The minimum absolute atomic E-state index is 0.248. The first-order chi connectivity index (χ1) is 15.3. The zero-order chi connectivity index (χ0) is 22.7. The summed E-state index contributed by atoms with van der Waals surface area (Å²) in [5.41, 5.74) is 6.25. The van der Waals surface area contributed by atoms with E-state index in [2.05, 4.69) is 76.0 Å². The van der Waals surface area contributed by atoms with E-state index < -0.39 is 0 Å². The average molecular weight is 429 g/mol. The first kappa shape index (κ1) is 21.8. The molecular weight excluding hydrogens is 388 g/mol. The highest BCUT2D eigenvalue weighted by atomic mass is 14.9. The molecule has 0 bridgehead atoms. The van der Waals surface area contributed by atoms with Crippen molar-refractivity contribution in [1.29, 1.82) is 5.26 Å². The smallest absolute Gasteiger partial charge is 0.0658 e. The molecule has 5 rings (SSSR count). The summed E-state index contributed by atoms with van der Waals surface area (Å²) in [6.07, 6.45) is 10.8. The van der Waals surface area contributed by atoms with Crippen molar-refractivity contribution in [2.75, 3.05) is 5.32 Å². The topological polar surface area (TPSA) is 35.8 Å². The minimum Gasteiger partial charge on any atom is -0.383 e. The van der Waals surface area contributed by atoms with Gasteiger partial charge in [-0.3, -0.25) is 0 Å². The van der Waals surface area contributed by atoms with E-state index in [1.807, 2.05) is 0 Å². The second kappa shape index (κ2) is 7.79. The first-order valence-electron chi connectivity index (χ1n) is 12.9. The molecule has 170 valence electrons. The summed E-state index contributed by atoms with van der Waals surface area (Å²) < 4.78 is 0. The van der Waals surface area contributed by atoms with Gasteiger partial charge in [0.25, 0.3) is 0 Å². The lowest BCUT2D eigenvalue weighted by molar-refractivity contribution is -0.0910. The molecule has 7 atom stereocenters. The van der Waals surface area contributed by atoms with Crippen LogP contribution in [0.25, 0.3) is 0 Å². The van der Waals surface area contributed by atoms with E-state index >= 15 is 0 Å². The Morgan fingerprint density at radius 1 is 1.09 bits per heavy atom. The monoisotopic (exact) mass is 428 g/mol. The van der Waals surface area contributed by atoms with Gasteiger partial charge in [0.05, 0.1) is 6.07 Å². The Kier molecular flexibility index (Phi) is 5.31. The van der Waals surface area contributed by atoms with E-state index in [1.54, 1.807) is 5.57 Å². The Bertz CT molecular complexity index is 964. The summed E-state index contributed by atoms with van der Waals surface area (Å²) in [4.78, 5) is 0. The fraction of sp³-hybridized carbons (Fsp3) is 0.633. The van der Waals surface area contributed by atoms with E-state index in [4.69, 9.17) is 0 Å². The average Bonchev–Trinajstić information content (AvgIpc) is 3.18. The maximum absolute atomic E-state index is 9.95. The van der Waals surface area contributed by atoms with E-state index in [9.17, 15) is 5.26 Å². The van der Waals surface area contributed by atoms with Crippen LogP contribution >= 0.6 is 0 Å². The molecule has 2 nitrogen and oxygen atoms in total. The van der Waals surface area contributed by atoms with Gasteiger partial charge < -0.3 is 5.32 Å². The van der Waals surface area contributed by atoms with Crippen molar-refractivity contribution >= 4 is 5.69 Å². The molecule has 0 saturated heterocycles. The molecule has 0 aliphatic heterocycles. The molecule has 0 aromatic heterocycles. The maximum Gasteiger partial charge on any atom is 0.0658 e. The number of fused-ring (bicyclic) bond motifs is 5. The van der Waals surface area contributed by atoms with Gasteiger partial charge in [-0.25, -0.2) is 0 Å². The van der Waals surface area contributed by atoms with Crippen molar-refractivity contribution in [2.24, 2.45) is 34.5 Å². The van der Waals surface area contributed by atoms with Gasteiger partial charge >= 0.3 is 0 Å². The van der Waals surface area contributed by atoms with Crippen LogP contribution in [0.5, 0.6) is 0 Å². The number of hydrogen-bond acceptors (Lipinski definition) is 2. The summed E-state index contributed by atoms with van der Waals surface area (Å²) in [7, 11) is 0. The first-order valence-corrected chi connectivity index (χ1v) is 12.9. The summed E-state index contributed by atoms with van der Waals surface area (Å²) in [5, 5.41) is 13.5. The van der Waals surface area contributed by atoms with Gasteiger partial charge in [-0.2, -0.15) is 5.26 Å². The summed E-state index contributed by atoms with van der Waals surface area (Å²) in [5.74, 6) is 2.69. The predicted molar refractivity (Wildman–Crippen MR) is 133 cm³/mol. The number of rotatable bonds is 3. The third kappa shape index (κ3) is 3.27. The molecule has 0 amide bonds. The fourth-order valence-corrected chi connectivity index (χ4v) is 8.68. The Labute approximate surface area is 195 Å². The number of nitriles is 1. The number of nitrogens with one attached hydrogen (secondary N) is 1. The lowest BCUT2D eigenvalue weighted by Crippen LogP contribution is -2.56. The number of nitrogens with zero attached hydrogens (tertiary/aromatic N) is 1. The highest BCUT2D eigenvalue weighted by Gasteiger charge is 2.63. The third-order valence-electron chi connectivity index (χ3n) is 9.97. The van der Waals surface area contributed by atoms with Crippen LogP contribution in [0.2, 0.25) is 0 Å². The molecular formula is C30H40N2. The second-order valence-electron chi connectivity index (χ2n) is 12.1. The van der Waals surface area contributed by atoms with Crippen molar-refractivity contribution in [3.63, 3.8) is 0 Å². The standard InChI is InChI=1S/C30H40N2/c1-19(2)32-24-9-6-21(7-10-24)26-17-25-22(18-31)8-11-27(25)30(5)15-13-23-16-20(3)12-14-29(23,4)28(26)30/h6-7,9-10,16,19,22,25-28,32H,3,8,11-15,17H2,1-2,4-5H3. The zero-order valence-electron chi connectivity index (χ0n) is 20.5. The van der Waals surface area contributed by atoms with E-state index in [0.717, 1.165) is 12.8 Å². The van der Waals surface area contributed by atoms with Crippen LogP contribution in [-0.2, 0) is 0 Å². The number of hydrogen-bond donors (Lipinski definition) is 1. The van der Waals surface area contributed by atoms with Crippen molar-refractivity contribution in [3.8, 4) is 6.07 Å². The molecule has 32 heavy (non-hydrogen) atoms. The highest BCUT2D eigenvalue weighted by molar-refractivity contribution is 5.47. The van der Waals surface area contributed by atoms with E-state index in [-0.39, 0.29) is 11.3 Å². The van der Waals surface area contributed by atoms with Crippen LogP contribution in [0.3, 0.4) is 0 Å². The van der Waals surface area contributed by atoms with Gasteiger partial charge in [-0.1, -0.05) is 49.8 Å². The normalized spacial score (nSPS) is 40.7. The van der Waals surface area contributed by atoms with E-state index in [1.165, 1.54) is 48.9 Å². The molecule has 4 aliphatic rings. The van der Waals surface area contributed by atoms with Crippen LogP contribution in [-0.4, -0.2) is 6.04 Å². The second-order valence-corrected chi connectivity index (χ2v) is 12.1. The molecule has 3 saturated carbocycles. The maximum atomic E-state index is 9.95. The predicted octanol–water partition coefficient (Wildman–Crippen LogP) is 7.86. The Morgan fingerprint density at radius 2 is 1.84 bits per heavy atom. The Morgan fingerprint density at radius 3 is 2.53 bits per heavy atom. The summed E-state index contributed by atoms with van der Waals surface area (Å²) in [6, 6.07) is 12.5. The molecule has 1 N–H and O–H groups in total. The quantitative estimate of drug-likeness (QED) is 0.532. The van der Waals surface area contributed by atoms with Crippen molar-refractivity contribution in [2.45, 2.75) is 84.6 Å². The molecule has 0 heterocycles. The minimum atomic E-state index is 0.248. The largest absolute Gasteiger partial charge is 0.383 e. The lowest BCUT2D eigenvalue weighted by Gasteiger charge is -2.64. The number of anilines is 1. The summed E-state index contributed by atoms with van der Waals surface area (Å²) >= 11 is 0. The Hall–Kier alpha value is -2.01. The molecule has 4 aliphatic carbocycles. The molecule has 1 aromatic carbocycles. The SMILES string of the molecule is C=C1C=C2CCC3(C)C4CCC(C#N)C4CC(c4ccc(NC(C)C)cc4)C3C2(C)CC1. The van der Waals surface area contributed by atoms with Crippen molar-refractivity contribution < 1.29 is 0 Å². The highest BCUT2D eigenvalue weighted by Crippen LogP contribution is 2.71. The van der Waals surface area contributed by atoms with Crippen molar-refractivity contribution in [1.82, 2.24) is 0 Å². The number of benzene rings is 1. The molecule has 3 fully saturated rings. The van der Waals surface area contributed by atoms with Gasteiger partial charge in [0.2, 0.25) is 0 Å². The summed E-state index contributed by atoms with van der Waals surface area (Å²) in [6.45, 7) is 13.9. The molecule has 0 spiro atoms. The fourth-order valence-electron chi connectivity index (χ4n) is 8.68. The van der Waals surface area contributed by atoms with Crippen LogP contribution in [0.1, 0.15) is 84.1 Å². The molecule has 7 unspecified atom stereocenters. The van der Waals surface area contributed by atoms with Gasteiger partial charge in [0.15, 0.2) is 0 Å². The van der Waals surface area contributed by atoms with Crippen LogP contribution < -0.4 is 5.32 Å². The Balaban J connectivity index is 1.60. The van der Waals surface area contributed by atoms with Crippen LogP contribution in [0.15, 0.2) is 48.1 Å². The molecule has 1 aromatic rings. The van der Waals surface area contributed by atoms with Crippen LogP contribution in [0, 0.1) is 45.8 Å². The molecule has 2 heteroatoms. The number of allylic oxidation sites excluding steroid dienone is 3. The van der Waals surface area contributed by atoms with Crippen molar-refractivity contribution in [3.05, 3.63) is 53.6 Å². The molecule has 0 radical (unpaired) electrons. The van der Waals surface area contributed by atoms with Gasteiger partial charge in [-0.05, 0) is 111 Å². The van der Waals surface area contributed by atoms with Gasteiger partial charge in [-0.15, -0.1) is 0 Å².